The fraction of sp³-hybridized carbons (Fsp3) is 0.258. The van der Waals surface area contributed by atoms with Gasteiger partial charge in [0, 0.05) is 17.1 Å². The summed E-state index contributed by atoms with van der Waals surface area (Å²) < 4.78 is 14.9. The van der Waals surface area contributed by atoms with Crippen LogP contribution < -0.4 is 19.6 Å². The quantitative estimate of drug-likeness (QED) is 0.297. The second kappa shape index (κ2) is 10.9. The molecule has 0 bridgehead atoms. The molecule has 0 fully saturated rings. The van der Waals surface area contributed by atoms with Gasteiger partial charge in [-0.05, 0) is 76.1 Å². The first-order valence-corrected chi connectivity index (χ1v) is 14.1. The highest BCUT2D eigenvalue weighted by Crippen LogP contribution is 2.31. The molecule has 9 heteroatoms. The van der Waals surface area contributed by atoms with Gasteiger partial charge in [-0.3, -0.25) is 9.36 Å². The molecule has 0 unspecified atom stereocenters. The third kappa shape index (κ3) is 4.82. The molecule has 0 radical (unpaired) electrons. The Balaban J connectivity index is 1.67. The fourth-order valence-corrected chi connectivity index (χ4v) is 6.41. The zero-order chi connectivity index (χ0) is 28.7. The Kier molecular flexibility index (Phi) is 7.57. The van der Waals surface area contributed by atoms with Crippen LogP contribution in [0.25, 0.3) is 11.8 Å². The van der Waals surface area contributed by atoms with E-state index >= 15 is 0 Å². The lowest BCUT2D eigenvalue weighted by Crippen LogP contribution is -2.39. The molecular formula is C31H30ClN3O4S. The molecule has 1 atom stereocenters. The summed E-state index contributed by atoms with van der Waals surface area (Å²) in [6.07, 6.45) is 1.89. The topological polar surface area (TPSA) is 74.8 Å². The van der Waals surface area contributed by atoms with Crippen LogP contribution in [0.5, 0.6) is 5.75 Å². The van der Waals surface area contributed by atoms with E-state index in [0.29, 0.717) is 31.4 Å². The van der Waals surface area contributed by atoms with Crippen LogP contribution in [0.2, 0.25) is 5.02 Å². The van der Waals surface area contributed by atoms with Crippen molar-refractivity contribution < 1.29 is 14.3 Å². The van der Waals surface area contributed by atoms with Crippen molar-refractivity contribution in [1.29, 1.82) is 0 Å². The first kappa shape index (κ1) is 27.7. The molecule has 1 aliphatic rings. The van der Waals surface area contributed by atoms with Crippen LogP contribution in [-0.4, -0.2) is 28.8 Å². The number of fused-ring (bicyclic) bond motifs is 1. The van der Waals surface area contributed by atoms with E-state index in [4.69, 9.17) is 21.1 Å². The van der Waals surface area contributed by atoms with E-state index in [1.165, 1.54) is 11.3 Å². The largest absolute Gasteiger partial charge is 0.495 e. The molecule has 2 aromatic carbocycles. The van der Waals surface area contributed by atoms with Gasteiger partial charge < -0.3 is 14.0 Å². The Morgan fingerprint density at radius 3 is 2.48 bits per heavy atom. The van der Waals surface area contributed by atoms with Gasteiger partial charge in [0.1, 0.15) is 5.75 Å². The van der Waals surface area contributed by atoms with Crippen LogP contribution in [-0.2, 0) is 9.53 Å². The number of nitrogens with zero attached hydrogens (tertiary/aromatic N) is 3. The monoisotopic (exact) mass is 575 g/mol. The number of methoxy groups -OCH3 is 1. The van der Waals surface area contributed by atoms with E-state index in [1.807, 2.05) is 75.4 Å². The van der Waals surface area contributed by atoms with Crippen molar-refractivity contribution >= 4 is 35.0 Å². The maximum absolute atomic E-state index is 14.0. The average Bonchev–Trinajstić information content (AvgIpc) is 3.37. The Bertz CT molecular complexity index is 1840. The van der Waals surface area contributed by atoms with E-state index < -0.39 is 12.0 Å². The molecule has 0 saturated heterocycles. The molecule has 4 aromatic rings. The number of halogens is 1. The third-order valence-corrected chi connectivity index (χ3v) is 8.34. The lowest BCUT2D eigenvalue weighted by molar-refractivity contribution is -0.139. The minimum atomic E-state index is -0.632. The Morgan fingerprint density at radius 2 is 1.82 bits per heavy atom. The van der Waals surface area contributed by atoms with E-state index in [0.717, 1.165) is 33.8 Å². The lowest BCUT2D eigenvalue weighted by atomic mass is 9.95. The second-order valence-electron chi connectivity index (χ2n) is 9.69. The van der Waals surface area contributed by atoms with E-state index in [-0.39, 0.29) is 12.2 Å². The van der Waals surface area contributed by atoms with Crippen molar-refractivity contribution in [2.75, 3.05) is 13.7 Å². The molecule has 5 rings (SSSR count). The Labute approximate surface area is 241 Å². The first-order chi connectivity index (χ1) is 19.1. The van der Waals surface area contributed by atoms with Gasteiger partial charge in [-0.15, -0.1) is 0 Å². The maximum Gasteiger partial charge on any atom is 0.338 e. The van der Waals surface area contributed by atoms with Gasteiger partial charge in [0.25, 0.3) is 5.56 Å². The van der Waals surface area contributed by atoms with Gasteiger partial charge in [-0.1, -0.05) is 52.8 Å². The summed E-state index contributed by atoms with van der Waals surface area (Å²) in [5.41, 5.74) is 6.39. The molecular weight excluding hydrogens is 546 g/mol. The van der Waals surface area contributed by atoms with Crippen LogP contribution in [0.15, 0.2) is 69.6 Å². The zero-order valence-corrected chi connectivity index (χ0v) is 24.8. The molecule has 206 valence electrons. The van der Waals surface area contributed by atoms with Crippen molar-refractivity contribution in [2.24, 2.45) is 4.99 Å². The van der Waals surface area contributed by atoms with E-state index in [2.05, 4.69) is 9.56 Å². The van der Waals surface area contributed by atoms with Gasteiger partial charge in [-0.2, -0.15) is 0 Å². The summed E-state index contributed by atoms with van der Waals surface area (Å²) in [5, 5.41) is 0.520. The van der Waals surface area contributed by atoms with Gasteiger partial charge >= 0.3 is 5.97 Å². The third-order valence-electron chi connectivity index (χ3n) is 7.06. The number of carbonyl (C=O) groups excluding carboxylic acids is 1. The minimum absolute atomic E-state index is 0.207. The zero-order valence-electron chi connectivity index (χ0n) is 23.2. The summed E-state index contributed by atoms with van der Waals surface area (Å²) in [6.45, 7) is 9.80. The number of ether oxygens (including phenoxy) is 2. The van der Waals surface area contributed by atoms with Crippen molar-refractivity contribution in [1.82, 2.24) is 9.13 Å². The Hall–Kier alpha value is -3.88. The smallest absolute Gasteiger partial charge is 0.338 e. The number of aryl methyl sites for hydroxylation is 2. The van der Waals surface area contributed by atoms with Gasteiger partial charge in [-0.25, -0.2) is 9.79 Å². The molecule has 40 heavy (non-hydrogen) atoms. The Morgan fingerprint density at radius 1 is 1.10 bits per heavy atom. The number of allylic oxidation sites excluding steroid dienone is 1. The summed E-state index contributed by atoms with van der Waals surface area (Å²) in [4.78, 5) is 32.3. The molecule has 0 saturated carbocycles. The fourth-order valence-electron chi connectivity index (χ4n) is 5.12. The van der Waals surface area contributed by atoms with Crippen molar-refractivity contribution in [3.05, 3.63) is 113 Å². The van der Waals surface area contributed by atoms with Crippen molar-refractivity contribution in [2.45, 2.75) is 40.7 Å². The van der Waals surface area contributed by atoms with E-state index in [1.54, 1.807) is 25.5 Å². The maximum atomic E-state index is 14.0. The van der Waals surface area contributed by atoms with Crippen LogP contribution in [0.1, 0.15) is 48.0 Å². The van der Waals surface area contributed by atoms with E-state index in [9.17, 15) is 9.59 Å². The highest BCUT2D eigenvalue weighted by molar-refractivity contribution is 7.07. The van der Waals surface area contributed by atoms with Crippen LogP contribution in [0.4, 0.5) is 0 Å². The van der Waals surface area contributed by atoms with Crippen LogP contribution in [0.3, 0.4) is 0 Å². The number of carbonyl (C=O) groups is 1. The molecule has 0 amide bonds. The molecule has 1 aliphatic heterocycles. The van der Waals surface area contributed by atoms with Crippen LogP contribution in [0, 0.1) is 20.8 Å². The standard InChI is InChI=1S/C31H30ClN3O4S/c1-7-39-30(37)27-19(4)33-31-35(28(27)21-10-8-17(2)9-11-21)29(36)26(40-31)15-22-14-18(3)34(20(22)5)23-12-13-25(38-6)24(32)16-23/h8-16,28H,7H2,1-6H3/b26-15-/t28-/m1/s1. The number of hydrogen-bond donors (Lipinski definition) is 0. The summed E-state index contributed by atoms with van der Waals surface area (Å²) >= 11 is 7.71. The highest BCUT2D eigenvalue weighted by Gasteiger charge is 2.33. The van der Waals surface area contributed by atoms with Gasteiger partial charge in [0.2, 0.25) is 0 Å². The second-order valence-corrected chi connectivity index (χ2v) is 11.1. The van der Waals surface area contributed by atoms with Crippen molar-refractivity contribution in [3.63, 3.8) is 0 Å². The molecule has 7 nitrogen and oxygen atoms in total. The number of hydrogen-bond acceptors (Lipinski definition) is 6. The normalized spacial score (nSPS) is 15.2. The van der Waals surface area contributed by atoms with Gasteiger partial charge in [0.15, 0.2) is 4.80 Å². The molecule has 0 aliphatic carbocycles. The number of thiazole rings is 1. The SMILES string of the molecule is CCOC(=O)C1=C(C)N=c2s/c(=C\c3cc(C)n(-c4ccc(OC)c(Cl)c4)c3C)c(=O)n2[C@@H]1c1ccc(C)cc1. The molecule has 0 spiro atoms. The average molecular weight is 576 g/mol. The molecule has 0 N–H and O–H groups in total. The van der Waals surface area contributed by atoms with Gasteiger partial charge in [0.05, 0.1) is 40.6 Å². The lowest BCUT2D eigenvalue weighted by Gasteiger charge is -2.24. The highest BCUT2D eigenvalue weighted by atomic mass is 35.5. The number of esters is 1. The predicted octanol–water partition coefficient (Wildman–Crippen LogP) is 5.18. The summed E-state index contributed by atoms with van der Waals surface area (Å²) in [7, 11) is 1.58. The predicted molar refractivity (Wildman–Crippen MR) is 158 cm³/mol. The summed E-state index contributed by atoms with van der Waals surface area (Å²) in [5.74, 6) is 0.139. The van der Waals surface area contributed by atoms with Crippen molar-refractivity contribution in [3.8, 4) is 11.4 Å². The van der Waals surface area contributed by atoms with Crippen LogP contribution >= 0.6 is 22.9 Å². The first-order valence-electron chi connectivity index (χ1n) is 12.9. The number of benzene rings is 2. The minimum Gasteiger partial charge on any atom is -0.495 e. The number of rotatable bonds is 6. The molecule has 2 aromatic heterocycles. The number of aromatic nitrogens is 2. The molecule has 3 heterocycles. The summed E-state index contributed by atoms with van der Waals surface area (Å²) in [6, 6.07) is 14.9.